The van der Waals surface area contributed by atoms with Crippen LogP contribution in [0.3, 0.4) is 0 Å². The number of aromatic amines is 1. The number of alkyl halides is 3. The smallest absolute Gasteiger partial charge is 0.357 e. The van der Waals surface area contributed by atoms with E-state index in [-0.39, 0.29) is 31.0 Å². The van der Waals surface area contributed by atoms with Crippen molar-refractivity contribution < 1.29 is 22.0 Å². The van der Waals surface area contributed by atoms with Gasteiger partial charge in [-0.15, -0.1) is 0 Å². The maximum Gasteiger partial charge on any atom is 0.395 e. The molecule has 5 rings (SSSR count). The standard InChI is InChI=1S/C26H25F5N2/c1-3-6-16-12-19(27)22(20(28)13-16)24-23-18(17-7-4-5-8-21(17)32-23)11-15(2)33(24)14-25(9-10-25)26(29,30)31/h3-8,12-13,15,24,32H,9-11,14H2,1-2H3/b6-3+. The summed E-state index contributed by atoms with van der Waals surface area (Å²) in [5, 5.41) is 0.937. The molecule has 1 aromatic heterocycles. The van der Waals surface area contributed by atoms with Crippen molar-refractivity contribution in [3.8, 4) is 0 Å². The lowest BCUT2D eigenvalue weighted by Gasteiger charge is -2.43. The first-order valence-electron chi connectivity index (χ1n) is 11.2. The van der Waals surface area contributed by atoms with Crippen LogP contribution in [0, 0.1) is 17.0 Å². The number of halogens is 5. The zero-order chi connectivity index (χ0) is 23.5. The molecule has 3 aromatic rings. The monoisotopic (exact) mass is 460 g/mol. The highest BCUT2D eigenvalue weighted by molar-refractivity contribution is 5.85. The molecule has 1 aliphatic heterocycles. The quantitative estimate of drug-likeness (QED) is 0.410. The summed E-state index contributed by atoms with van der Waals surface area (Å²) >= 11 is 0. The van der Waals surface area contributed by atoms with Crippen molar-refractivity contribution in [2.75, 3.05) is 6.54 Å². The minimum absolute atomic E-state index is 0.0389. The van der Waals surface area contributed by atoms with E-state index in [0.29, 0.717) is 17.7 Å². The van der Waals surface area contributed by atoms with Crippen LogP contribution < -0.4 is 0 Å². The van der Waals surface area contributed by atoms with Gasteiger partial charge in [0.05, 0.1) is 11.5 Å². The first-order chi connectivity index (χ1) is 15.6. The van der Waals surface area contributed by atoms with Gasteiger partial charge in [-0.3, -0.25) is 4.90 Å². The summed E-state index contributed by atoms with van der Waals surface area (Å²) in [7, 11) is 0. The van der Waals surface area contributed by atoms with Gasteiger partial charge >= 0.3 is 6.18 Å². The number of para-hydroxylation sites is 1. The number of aromatic nitrogens is 1. The van der Waals surface area contributed by atoms with Crippen LogP contribution in [0.25, 0.3) is 17.0 Å². The van der Waals surface area contributed by atoms with E-state index in [1.165, 1.54) is 12.1 Å². The van der Waals surface area contributed by atoms with Crippen LogP contribution >= 0.6 is 0 Å². The maximum absolute atomic E-state index is 15.4. The molecule has 2 unspecified atom stereocenters. The lowest BCUT2D eigenvalue weighted by molar-refractivity contribution is -0.194. The maximum atomic E-state index is 15.4. The van der Waals surface area contributed by atoms with Crippen LogP contribution in [0.15, 0.2) is 42.5 Å². The van der Waals surface area contributed by atoms with Gasteiger partial charge in [-0.05, 0) is 62.4 Å². The van der Waals surface area contributed by atoms with E-state index in [9.17, 15) is 13.2 Å². The molecule has 0 saturated heterocycles. The highest BCUT2D eigenvalue weighted by Gasteiger charge is 2.64. The molecule has 1 fully saturated rings. The number of fused-ring (bicyclic) bond motifs is 3. The molecular weight excluding hydrogens is 435 g/mol. The number of allylic oxidation sites excluding steroid dienone is 1. The van der Waals surface area contributed by atoms with Crippen molar-refractivity contribution in [1.29, 1.82) is 0 Å². The molecule has 1 saturated carbocycles. The molecule has 2 aliphatic rings. The van der Waals surface area contributed by atoms with Crippen molar-refractivity contribution in [1.82, 2.24) is 9.88 Å². The summed E-state index contributed by atoms with van der Waals surface area (Å²) in [4.78, 5) is 4.93. The minimum atomic E-state index is -4.36. The van der Waals surface area contributed by atoms with Gasteiger partial charge in [0, 0.05) is 34.7 Å². The number of hydrogen-bond acceptors (Lipinski definition) is 1. The van der Waals surface area contributed by atoms with E-state index >= 15 is 8.78 Å². The van der Waals surface area contributed by atoms with Crippen LogP contribution in [0.2, 0.25) is 0 Å². The Kier molecular flexibility index (Phi) is 5.16. The number of rotatable bonds is 4. The molecule has 7 heteroatoms. The number of H-pyrrole nitrogens is 1. The molecule has 2 heterocycles. The van der Waals surface area contributed by atoms with Gasteiger partial charge in [0.15, 0.2) is 0 Å². The molecule has 33 heavy (non-hydrogen) atoms. The zero-order valence-electron chi connectivity index (χ0n) is 18.4. The summed E-state index contributed by atoms with van der Waals surface area (Å²) in [5.41, 5.74) is 0.639. The lowest BCUT2D eigenvalue weighted by atomic mass is 9.86. The van der Waals surface area contributed by atoms with E-state index in [1.54, 1.807) is 24.0 Å². The summed E-state index contributed by atoms with van der Waals surface area (Å²) in [5.74, 6) is -1.51. The predicted molar refractivity (Wildman–Crippen MR) is 119 cm³/mol. The molecule has 0 bridgehead atoms. The highest BCUT2D eigenvalue weighted by Crippen LogP contribution is 2.59. The van der Waals surface area contributed by atoms with E-state index in [0.717, 1.165) is 16.5 Å². The summed E-state index contributed by atoms with van der Waals surface area (Å²) < 4.78 is 72.5. The number of benzene rings is 2. The molecule has 2 atom stereocenters. The van der Waals surface area contributed by atoms with Gasteiger partial charge in [-0.25, -0.2) is 8.78 Å². The average Bonchev–Trinajstić information content (AvgIpc) is 3.45. The van der Waals surface area contributed by atoms with Crippen molar-refractivity contribution in [2.45, 2.75) is 51.4 Å². The van der Waals surface area contributed by atoms with Crippen molar-refractivity contribution >= 4 is 17.0 Å². The number of hydrogen-bond donors (Lipinski definition) is 1. The van der Waals surface area contributed by atoms with Gasteiger partial charge in [0.1, 0.15) is 11.6 Å². The van der Waals surface area contributed by atoms with Crippen molar-refractivity contribution in [3.63, 3.8) is 0 Å². The first kappa shape index (κ1) is 22.1. The number of nitrogens with one attached hydrogen (secondary N) is 1. The van der Waals surface area contributed by atoms with Crippen LogP contribution in [-0.2, 0) is 6.42 Å². The Balaban J connectivity index is 1.70. The first-order valence-corrected chi connectivity index (χ1v) is 11.2. The minimum Gasteiger partial charge on any atom is -0.357 e. The third-order valence-corrected chi connectivity index (χ3v) is 7.19. The highest BCUT2D eigenvalue weighted by atomic mass is 19.4. The molecule has 0 spiro atoms. The third kappa shape index (κ3) is 3.57. The Labute approximate surface area is 189 Å². The van der Waals surface area contributed by atoms with Crippen LogP contribution in [0.1, 0.15) is 55.1 Å². The van der Waals surface area contributed by atoms with Crippen LogP contribution in [0.4, 0.5) is 22.0 Å². The molecule has 0 amide bonds. The fourth-order valence-corrected chi connectivity index (χ4v) is 5.25. The predicted octanol–water partition coefficient (Wildman–Crippen LogP) is 7.16. The normalized spacial score (nSPS) is 22.8. The Morgan fingerprint density at radius 3 is 2.39 bits per heavy atom. The van der Waals surface area contributed by atoms with Crippen LogP contribution in [0.5, 0.6) is 0 Å². The molecule has 2 nitrogen and oxygen atoms in total. The molecule has 1 aliphatic carbocycles. The van der Waals surface area contributed by atoms with Crippen molar-refractivity contribution in [3.05, 3.63) is 76.5 Å². The van der Waals surface area contributed by atoms with Gasteiger partial charge in [0.25, 0.3) is 0 Å². The fourth-order valence-electron chi connectivity index (χ4n) is 5.25. The van der Waals surface area contributed by atoms with Gasteiger partial charge < -0.3 is 4.98 Å². The Hall–Kier alpha value is -2.67. The largest absolute Gasteiger partial charge is 0.395 e. The Bertz CT molecular complexity index is 1210. The van der Waals surface area contributed by atoms with E-state index in [1.807, 2.05) is 31.2 Å². The van der Waals surface area contributed by atoms with Crippen molar-refractivity contribution in [2.24, 2.45) is 5.41 Å². The Morgan fingerprint density at radius 1 is 1.12 bits per heavy atom. The molecule has 1 N–H and O–H groups in total. The SMILES string of the molecule is C/C=C/c1cc(F)c(C2c3[nH]c4ccccc4c3CC(C)N2CC2(C(F)(F)F)CC2)c(F)c1. The van der Waals surface area contributed by atoms with Crippen LogP contribution in [-0.4, -0.2) is 28.6 Å². The van der Waals surface area contributed by atoms with Gasteiger partial charge in [0.2, 0.25) is 0 Å². The second-order valence-electron chi connectivity index (χ2n) is 9.37. The van der Waals surface area contributed by atoms with E-state index in [2.05, 4.69) is 4.98 Å². The third-order valence-electron chi connectivity index (χ3n) is 7.19. The van der Waals surface area contributed by atoms with Gasteiger partial charge in [-0.2, -0.15) is 13.2 Å². The summed E-state index contributed by atoms with van der Waals surface area (Å²) in [6.07, 6.45) is -0.504. The average molecular weight is 460 g/mol. The zero-order valence-corrected chi connectivity index (χ0v) is 18.4. The lowest BCUT2D eigenvalue weighted by Crippen LogP contribution is -2.48. The second kappa shape index (κ2) is 7.69. The van der Waals surface area contributed by atoms with E-state index < -0.39 is 29.3 Å². The van der Waals surface area contributed by atoms with E-state index in [4.69, 9.17) is 0 Å². The number of nitrogens with zero attached hydrogens (tertiary/aromatic N) is 1. The molecule has 174 valence electrons. The molecule has 0 radical (unpaired) electrons. The Morgan fingerprint density at radius 2 is 1.79 bits per heavy atom. The summed E-state index contributed by atoms with van der Waals surface area (Å²) in [6.45, 7) is 3.30. The fraction of sp³-hybridized carbons (Fsp3) is 0.385. The summed E-state index contributed by atoms with van der Waals surface area (Å²) in [6, 6.07) is 8.74. The second-order valence-corrected chi connectivity index (χ2v) is 9.37. The molecule has 2 aromatic carbocycles. The molecular formula is C26H25F5N2. The topological polar surface area (TPSA) is 19.0 Å². The van der Waals surface area contributed by atoms with Gasteiger partial charge in [-0.1, -0.05) is 30.4 Å².